The zero-order valence-electron chi connectivity index (χ0n) is 18.8. The molecule has 0 aliphatic carbocycles. The van der Waals surface area contributed by atoms with Gasteiger partial charge in [-0.25, -0.2) is 0 Å². The van der Waals surface area contributed by atoms with Gasteiger partial charge < -0.3 is 15.0 Å². The number of carbonyl (C=O) groups is 1. The van der Waals surface area contributed by atoms with Crippen LogP contribution >= 0.6 is 0 Å². The van der Waals surface area contributed by atoms with Gasteiger partial charge in [-0.1, -0.05) is 36.4 Å². The average molecular weight is 445 g/mol. The Morgan fingerprint density at radius 1 is 1.18 bits per heavy atom. The van der Waals surface area contributed by atoms with Gasteiger partial charge in [-0.05, 0) is 37.7 Å². The van der Waals surface area contributed by atoms with E-state index in [-0.39, 0.29) is 42.1 Å². The lowest BCUT2D eigenvalue weighted by Gasteiger charge is -2.35. The van der Waals surface area contributed by atoms with Gasteiger partial charge in [0.15, 0.2) is 0 Å². The van der Waals surface area contributed by atoms with Crippen molar-refractivity contribution >= 4 is 5.91 Å². The summed E-state index contributed by atoms with van der Waals surface area (Å²) in [5.41, 5.74) is 3.12. The van der Waals surface area contributed by atoms with Crippen molar-refractivity contribution in [2.24, 2.45) is 11.8 Å². The summed E-state index contributed by atoms with van der Waals surface area (Å²) in [6, 6.07) is 16.8. The van der Waals surface area contributed by atoms with E-state index >= 15 is 0 Å². The third-order valence-electron chi connectivity index (χ3n) is 7.28. The molecule has 1 amide bonds. The first-order chi connectivity index (χ1) is 16.0. The molecular weight excluding hydrogens is 416 g/mol. The number of nitrogens with zero attached hydrogens (tertiary/aromatic N) is 3. The molecule has 2 N–H and O–H groups in total. The first-order valence-corrected chi connectivity index (χ1v) is 11.3. The lowest BCUT2D eigenvalue weighted by molar-refractivity contribution is -0.128. The van der Waals surface area contributed by atoms with Crippen molar-refractivity contribution in [1.29, 1.82) is 0 Å². The highest BCUT2D eigenvalue weighted by atomic mass is 16.3. The number of benzene rings is 1. The van der Waals surface area contributed by atoms with E-state index in [2.05, 4.69) is 15.2 Å². The monoisotopic (exact) mass is 444 g/mol. The van der Waals surface area contributed by atoms with Gasteiger partial charge in [0.2, 0.25) is 5.91 Å². The van der Waals surface area contributed by atoms with Crippen LogP contribution in [0.5, 0.6) is 0 Å². The van der Waals surface area contributed by atoms with Crippen molar-refractivity contribution in [1.82, 2.24) is 19.8 Å². The van der Waals surface area contributed by atoms with Crippen LogP contribution in [-0.4, -0.2) is 45.2 Å². The van der Waals surface area contributed by atoms with Crippen LogP contribution in [0.4, 0.5) is 0 Å². The van der Waals surface area contributed by atoms with Crippen molar-refractivity contribution in [3.8, 4) is 11.1 Å². The van der Waals surface area contributed by atoms with Gasteiger partial charge in [-0.2, -0.15) is 0 Å². The molecule has 170 valence electrons. The van der Waals surface area contributed by atoms with Crippen LogP contribution in [0.25, 0.3) is 11.1 Å². The SMILES string of the molecule is C[C@H](NC(=O)[C@H]1[C@H](CO)[C@H]2Cn3c(ccc(-c4cccnc4)c3=O)[C@@H]1N2C)c1ccccc1. The Hall–Kier alpha value is -3.29. The smallest absolute Gasteiger partial charge is 0.258 e. The number of pyridine rings is 2. The Bertz CT molecular complexity index is 1210. The number of hydrogen-bond acceptors (Lipinski definition) is 5. The topological polar surface area (TPSA) is 87.5 Å². The summed E-state index contributed by atoms with van der Waals surface area (Å²) in [7, 11) is 1.98. The largest absolute Gasteiger partial charge is 0.396 e. The minimum Gasteiger partial charge on any atom is -0.396 e. The summed E-state index contributed by atoms with van der Waals surface area (Å²) in [6.45, 7) is 2.30. The molecule has 5 rings (SSSR count). The highest BCUT2D eigenvalue weighted by Gasteiger charge is 2.54. The number of likely N-dealkylation sites (N-methyl/N-ethyl adjacent to an activating group) is 1. The Morgan fingerprint density at radius 3 is 2.67 bits per heavy atom. The number of aliphatic hydroxyl groups excluding tert-OH is 1. The molecule has 1 saturated heterocycles. The number of aromatic nitrogens is 2. The standard InChI is InChI=1S/C26H28N4O3/c1-16(17-7-4-3-5-8-17)28-25(32)23-20(15-31)22-14-30-21(24(23)29(22)2)11-10-19(26(30)33)18-9-6-12-27-13-18/h3-13,16,20,22-24,31H,14-15H2,1-2H3,(H,28,32)/t16-,20+,22+,23-,24-/m0/s1. The van der Waals surface area contributed by atoms with E-state index in [1.165, 1.54) is 0 Å². The van der Waals surface area contributed by atoms with Crippen LogP contribution in [0, 0.1) is 11.8 Å². The van der Waals surface area contributed by atoms with Crippen molar-refractivity contribution in [2.75, 3.05) is 13.7 Å². The van der Waals surface area contributed by atoms with E-state index in [0.717, 1.165) is 16.8 Å². The van der Waals surface area contributed by atoms with Crippen LogP contribution in [0.2, 0.25) is 0 Å². The minimum atomic E-state index is -0.450. The lowest BCUT2D eigenvalue weighted by Crippen LogP contribution is -2.44. The number of aliphatic hydroxyl groups is 1. The lowest BCUT2D eigenvalue weighted by atomic mass is 9.86. The molecule has 0 unspecified atom stereocenters. The second-order valence-electron chi connectivity index (χ2n) is 9.02. The first kappa shape index (κ1) is 21.6. The fourth-order valence-corrected chi connectivity index (χ4v) is 5.57. The van der Waals surface area contributed by atoms with Crippen LogP contribution in [0.3, 0.4) is 0 Å². The number of rotatable bonds is 5. The first-order valence-electron chi connectivity index (χ1n) is 11.3. The molecule has 3 aromatic rings. The molecular formula is C26H28N4O3. The summed E-state index contributed by atoms with van der Waals surface area (Å²) < 4.78 is 1.79. The molecule has 0 spiro atoms. The van der Waals surface area contributed by atoms with Gasteiger partial charge in [0, 0.05) is 54.3 Å². The van der Waals surface area contributed by atoms with E-state index in [9.17, 15) is 14.7 Å². The molecule has 2 aromatic heterocycles. The second-order valence-corrected chi connectivity index (χ2v) is 9.02. The van der Waals surface area contributed by atoms with Gasteiger partial charge in [0.1, 0.15) is 0 Å². The average Bonchev–Trinajstić information content (AvgIpc) is 3.02. The van der Waals surface area contributed by atoms with E-state index in [4.69, 9.17) is 0 Å². The van der Waals surface area contributed by atoms with Gasteiger partial charge in [-0.3, -0.25) is 19.5 Å². The molecule has 0 saturated carbocycles. The van der Waals surface area contributed by atoms with Crippen LogP contribution in [-0.2, 0) is 11.3 Å². The molecule has 2 aliphatic heterocycles. The molecule has 0 radical (unpaired) electrons. The third-order valence-corrected chi connectivity index (χ3v) is 7.28. The molecule has 7 nitrogen and oxygen atoms in total. The van der Waals surface area contributed by atoms with Gasteiger partial charge in [0.25, 0.3) is 5.56 Å². The van der Waals surface area contributed by atoms with Crippen molar-refractivity contribution in [3.05, 3.63) is 88.6 Å². The van der Waals surface area contributed by atoms with Crippen LogP contribution in [0.1, 0.15) is 30.3 Å². The summed E-state index contributed by atoms with van der Waals surface area (Å²) >= 11 is 0. The molecule has 4 heterocycles. The molecule has 1 fully saturated rings. The zero-order valence-corrected chi connectivity index (χ0v) is 18.8. The highest BCUT2D eigenvalue weighted by molar-refractivity contribution is 5.81. The normalized spacial score (nSPS) is 24.8. The fourth-order valence-electron chi connectivity index (χ4n) is 5.57. The molecule has 2 bridgehead atoms. The molecule has 1 aromatic carbocycles. The van der Waals surface area contributed by atoms with E-state index in [1.807, 2.05) is 68.6 Å². The van der Waals surface area contributed by atoms with E-state index < -0.39 is 5.92 Å². The number of hydrogen-bond donors (Lipinski definition) is 2. The zero-order chi connectivity index (χ0) is 23.1. The van der Waals surface area contributed by atoms with Gasteiger partial charge >= 0.3 is 0 Å². The molecule has 33 heavy (non-hydrogen) atoms. The summed E-state index contributed by atoms with van der Waals surface area (Å²) in [6.07, 6.45) is 3.37. The van der Waals surface area contributed by atoms with Crippen molar-refractivity contribution in [2.45, 2.75) is 31.6 Å². The highest BCUT2D eigenvalue weighted by Crippen LogP contribution is 2.47. The summed E-state index contributed by atoms with van der Waals surface area (Å²) in [5.74, 6) is -0.806. The predicted octanol–water partition coefficient (Wildman–Crippen LogP) is 2.38. The number of fused-ring (bicyclic) bond motifs is 4. The fraction of sp³-hybridized carbons (Fsp3) is 0.346. The number of nitrogens with one attached hydrogen (secondary N) is 1. The molecule has 2 aliphatic rings. The Kier molecular flexibility index (Phi) is 5.60. The van der Waals surface area contributed by atoms with Crippen LogP contribution in [0.15, 0.2) is 71.8 Å². The quantitative estimate of drug-likeness (QED) is 0.631. The maximum Gasteiger partial charge on any atom is 0.258 e. The maximum atomic E-state index is 13.5. The Morgan fingerprint density at radius 2 is 1.97 bits per heavy atom. The summed E-state index contributed by atoms with van der Waals surface area (Å²) in [4.78, 5) is 33.2. The van der Waals surface area contributed by atoms with Gasteiger partial charge in [-0.15, -0.1) is 0 Å². The molecule has 7 heteroatoms. The second kappa shape index (κ2) is 8.57. The third kappa shape index (κ3) is 3.57. The van der Waals surface area contributed by atoms with Crippen LogP contribution < -0.4 is 10.9 Å². The molecule has 5 atom stereocenters. The minimum absolute atomic E-state index is 0.0843. The van der Waals surface area contributed by atoms with E-state index in [0.29, 0.717) is 12.1 Å². The number of carbonyl (C=O) groups excluding carboxylic acids is 1. The Balaban J connectivity index is 1.51. The Labute approximate surface area is 192 Å². The maximum absolute atomic E-state index is 13.5. The van der Waals surface area contributed by atoms with Crippen molar-refractivity contribution < 1.29 is 9.90 Å². The summed E-state index contributed by atoms with van der Waals surface area (Å²) in [5, 5.41) is 13.4. The van der Waals surface area contributed by atoms with E-state index in [1.54, 1.807) is 17.0 Å². The van der Waals surface area contributed by atoms with Gasteiger partial charge in [0.05, 0.1) is 18.0 Å². The number of amides is 1. The predicted molar refractivity (Wildman–Crippen MR) is 125 cm³/mol. The van der Waals surface area contributed by atoms with Crippen molar-refractivity contribution in [3.63, 3.8) is 0 Å².